The van der Waals surface area contributed by atoms with Crippen LogP contribution in [0.1, 0.15) is 26.3 Å². The molecule has 1 aromatic carbocycles. The van der Waals surface area contributed by atoms with Crippen molar-refractivity contribution in [2.24, 2.45) is 0 Å². The summed E-state index contributed by atoms with van der Waals surface area (Å²) >= 11 is 0. The van der Waals surface area contributed by atoms with Crippen LogP contribution in [0.5, 0.6) is 0 Å². The van der Waals surface area contributed by atoms with Crippen LogP contribution in [-0.2, 0) is 20.7 Å². The Kier molecular flexibility index (Phi) is 5.20. The molecule has 1 aliphatic carbocycles. The predicted molar refractivity (Wildman–Crippen MR) is 88.7 cm³/mol. The van der Waals surface area contributed by atoms with Gasteiger partial charge in [-0.15, -0.1) is 5.73 Å². The Labute approximate surface area is 136 Å². The van der Waals surface area contributed by atoms with Crippen LogP contribution in [0.25, 0.3) is 0 Å². The van der Waals surface area contributed by atoms with Crippen LogP contribution in [0, 0.1) is 0 Å². The maximum Gasteiger partial charge on any atom is 0.329 e. The molecule has 1 amide bonds. The van der Waals surface area contributed by atoms with Gasteiger partial charge in [0.2, 0.25) is 0 Å². The highest BCUT2D eigenvalue weighted by molar-refractivity contribution is 5.99. The second kappa shape index (κ2) is 7.12. The molecule has 2 rings (SSSR count). The van der Waals surface area contributed by atoms with Crippen molar-refractivity contribution in [3.05, 3.63) is 65.4 Å². The Bertz CT molecular complexity index is 674. The van der Waals surface area contributed by atoms with Crippen LogP contribution < -0.4 is 5.32 Å². The molecule has 0 radical (unpaired) electrons. The summed E-state index contributed by atoms with van der Waals surface area (Å²) in [5.41, 5.74) is 3.58. The van der Waals surface area contributed by atoms with E-state index in [0.717, 1.165) is 5.56 Å². The lowest BCUT2D eigenvalue weighted by molar-refractivity contribution is -0.158. The Morgan fingerprint density at radius 1 is 1.22 bits per heavy atom. The van der Waals surface area contributed by atoms with E-state index in [2.05, 4.69) is 11.0 Å². The quantitative estimate of drug-likeness (QED) is 0.672. The Morgan fingerprint density at radius 3 is 2.48 bits per heavy atom. The highest BCUT2D eigenvalue weighted by Gasteiger charge is 2.27. The number of amides is 1. The zero-order valence-corrected chi connectivity index (χ0v) is 13.6. The molecule has 0 unspecified atom stereocenters. The molecule has 1 aliphatic rings. The molecule has 1 aromatic rings. The van der Waals surface area contributed by atoms with Gasteiger partial charge in [0.15, 0.2) is 0 Å². The van der Waals surface area contributed by atoms with Crippen molar-refractivity contribution in [3.8, 4) is 0 Å². The molecule has 120 valence electrons. The van der Waals surface area contributed by atoms with Gasteiger partial charge in [-0.05, 0) is 38.5 Å². The maximum atomic E-state index is 12.4. The number of allylic oxidation sites excluding steroid dienone is 1. The normalized spacial score (nSPS) is 14.3. The fraction of sp³-hybridized carbons (Fsp3) is 0.316. The van der Waals surface area contributed by atoms with E-state index in [4.69, 9.17) is 4.74 Å². The first-order valence-electron chi connectivity index (χ1n) is 7.56. The van der Waals surface area contributed by atoms with E-state index in [1.165, 1.54) is 0 Å². The molecule has 4 heteroatoms. The highest BCUT2D eigenvalue weighted by Crippen LogP contribution is 2.12. The maximum absolute atomic E-state index is 12.4. The van der Waals surface area contributed by atoms with E-state index >= 15 is 0 Å². The fourth-order valence-corrected chi connectivity index (χ4v) is 2.12. The van der Waals surface area contributed by atoms with Crippen molar-refractivity contribution >= 4 is 11.9 Å². The minimum absolute atomic E-state index is 0.332. The van der Waals surface area contributed by atoms with Crippen molar-refractivity contribution in [2.45, 2.75) is 38.8 Å². The molecule has 0 bridgehead atoms. The lowest BCUT2D eigenvalue weighted by Gasteiger charge is -2.24. The molecule has 0 saturated heterocycles. The van der Waals surface area contributed by atoms with Crippen molar-refractivity contribution in [3.63, 3.8) is 0 Å². The average Bonchev–Trinajstić information content (AvgIpc) is 3.00. The van der Waals surface area contributed by atoms with Gasteiger partial charge in [0.1, 0.15) is 11.6 Å². The van der Waals surface area contributed by atoms with Gasteiger partial charge in [0.05, 0.1) is 5.57 Å². The number of ether oxygens (including phenoxy) is 1. The van der Waals surface area contributed by atoms with Gasteiger partial charge in [-0.2, -0.15) is 0 Å². The second-order valence-electron chi connectivity index (χ2n) is 6.33. The number of esters is 1. The van der Waals surface area contributed by atoms with Crippen LogP contribution >= 0.6 is 0 Å². The Morgan fingerprint density at radius 2 is 1.91 bits per heavy atom. The van der Waals surface area contributed by atoms with E-state index < -0.39 is 17.6 Å². The Balaban J connectivity index is 2.13. The summed E-state index contributed by atoms with van der Waals surface area (Å²) < 4.78 is 5.43. The number of benzene rings is 1. The lowest BCUT2D eigenvalue weighted by Crippen LogP contribution is -2.45. The third-order valence-corrected chi connectivity index (χ3v) is 3.12. The molecule has 0 spiro atoms. The van der Waals surface area contributed by atoms with Gasteiger partial charge in [-0.1, -0.05) is 36.4 Å². The summed E-state index contributed by atoms with van der Waals surface area (Å²) in [6, 6.07) is 8.79. The smallest absolute Gasteiger partial charge is 0.329 e. The summed E-state index contributed by atoms with van der Waals surface area (Å²) in [6.45, 7) is 5.41. The summed E-state index contributed by atoms with van der Waals surface area (Å²) in [5, 5.41) is 2.75. The zero-order chi connectivity index (χ0) is 16.9. The van der Waals surface area contributed by atoms with E-state index in [1.807, 2.05) is 30.3 Å². The van der Waals surface area contributed by atoms with Crippen LogP contribution in [-0.4, -0.2) is 23.5 Å². The minimum Gasteiger partial charge on any atom is -0.458 e. The van der Waals surface area contributed by atoms with Crippen molar-refractivity contribution < 1.29 is 14.3 Å². The summed E-state index contributed by atoms with van der Waals surface area (Å²) in [6.07, 6.45) is 5.43. The van der Waals surface area contributed by atoms with Crippen molar-refractivity contribution in [1.29, 1.82) is 0 Å². The van der Waals surface area contributed by atoms with Gasteiger partial charge in [-0.3, -0.25) is 4.79 Å². The molecular weight excluding hydrogens is 290 g/mol. The van der Waals surface area contributed by atoms with Gasteiger partial charge in [-0.25, -0.2) is 4.79 Å². The molecule has 1 atom stereocenters. The molecule has 0 aromatic heterocycles. The molecule has 1 N–H and O–H groups in total. The third kappa shape index (κ3) is 5.28. The van der Waals surface area contributed by atoms with Crippen LogP contribution in [0.4, 0.5) is 0 Å². The number of nitrogens with one attached hydrogen (secondary N) is 1. The first-order chi connectivity index (χ1) is 10.8. The zero-order valence-electron chi connectivity index (χ0n) is 13.6. The fourth-order valence-electron chi connectivity index (χ4n) is 2.12. The average molecular weight is 311 g/mol. The van der Waals surface area contributed by atoms with Crippen LogP contribution in [0.2, 0.25) is 0 Å². The van der Waals surface area contributed by atoms with Gasteiger partial charge >= 0.3 is 5.97 Å². The SMILES string of the molecule is CC(C)(C)OC(=O)[C@H](Cc1ccccc1)NC(=O)C1=C=CC=C1. The van der Waals surface area contributed by atoms with Crippen LogP contribution in [0.3, 0.4) is 0 Å². The number of carbonyl (C=O) groups excluding carboxylic acids is 2. The summed E-state index contributed by atoms with van der Waals surface area (Å²) in [5.74, 6) is -0.775. The van der Waals surface area contributed by atoms with Gasteiger partial charge in [0.25, 0.3) is 5.91 Å². The number of hydrogen-bond acceptors (Lipinski definition) is 3. The van der Waals surface area contributed by atoms with Gasteiger partial charge in [0, 0.05) is 6.42 Å². The molecule has 4 nitrogen and oxygen atoms in total. The number of carbonyl (C=O) groups is 2. The van der Waals surface area contributed by atoms with E-state index in [0.29, 0.717) is 12.0 Å². The predicted octanol–water partition coefficient (Wildman–Crippen LogP) is 2.71. The number of hydrogen-bond donors (Lipinski definition) is 1. The lowest BCUT2D eigenvalue weighted by atomic mass is 10.0. The third-order valence-electron chi connectivity index (χ3n) is 3.12. The first kappa shape index (κ1) is 16.8. The topological polar surface area (TPSA) is 55.4 Å². The Hall–Kier alpha value is -2.58. The highest BCUT2D eigenvalue weighted by atomic mass is 16.6. The molecule has 0 fully saturated rings. The van der Waals surface area contributed by atoms with E-state index in [9.17, 15) is 9.59 Å². The standard InChI is InChI=1S/C19H21NO3/c1-19(2,3)23-18(22)16(13-14-9-5-4-6-10-14)20-17(21)15-11-7-8-12-15/h4-11,16H,13H2,1-3H3,(H,20,21)/t16-/m0/s1. The minimum atomic E-state index is -0.743. The van der Waals surface area contributed by atoms with Crippen molar-refractivity contribution in [2.75, 3.05) is 0 Å². The number of rotatable bonds is 5. The largest absolute Gasteiger partial charge is 0.458 e. The van der Waals surface area contributed by atoms with E-state index in [-0.39, 0.29) is 5.91 Å². The molecular formula is C19H21NO3. The van der Waals surface area contributed by atoms with Crippen molar-refractivity contribution in [1.82, 2.24) is 5.32 Å². The van der Waals surface area contributed by atoms with Crippen LogP contribution in [0.15, 0.2) is 59.9 Å². The molecule has 0 heterocycles. The monoisotopic (exact) mass is 311 g/mol. The second-order valence-corrected chi connectivity index (χ2v) is 6.33. The molecule has 0 aliphatic heterocycles. The molecule has 23 heavy (non-hydrogen) atoms. The molecule has 0 saturated carbocycles. The van der Waals surface area contributed by atoms with Gasteiger partial charge < -0.3 is 10.1 Å². The first-order valence-corrected chi connectivity index (χ1v) is 7.56. The summed E-state index contributed by atoms with van der Waals surface area (Å²) in [4.78, 5) is 24.6. The summed E-state index contributed by atoms with van der Waals surface area (Å²) in [7, 11) is 0. The van der Waals surface area contributed by atoms with E-state index in [1.54, 1.807) is 39.0 Å².